The molecule has 2 N–H and O–H groups in total. The fourth-order valence-electron chi connectivity index (χ4n) is 3.82. The van der Waals surface area contributed by atoms with Gasteiger partial charge in [-0.05, 0) is 43.0 Å². The van der Waals surface area contributed by atoms with Crippen LogP contribution in [0.3, 0.4) is 0 Å². The second kappa shape index (κ2) is 9.45. The molecule has 0 saturated heterocycles. The molecule has 2 aromatic carbocycles. The van der Waals surface area contributed by atoms with Crippen LogP contribution in [0.4, 0.5) is 4.39 Å². The van der Waals surface area contributed by atoms with Crippen LogP contribution in [0, 0.1) is 19.7 Å². The van der Waals surface area contributed by atoms with Gasteiger partial charge in [-0.3, -0.25) is 0 Å². The van der Waals surface area contributed by atoms with Crippen molar-refractivity contribution in [1.29, 1.82) is 0 Å². The average molecular weight is 429 g/mol. The smallest absolute Gasteiger partial charge is 0.337 e. The molecule has 0 aliphatic rings. The molecule has 4 nitrogen and oxygen atoms in total. The molecule has 6 heteroatoms. The lowest BCUT2D eigenvalue weighted by molar-refractivity contribution is 0.0694. The molecule has 30 heavy (non-hydrogen) atoms. The van der Waals surface area contributed by atoms with Crippen LogP contribution in [0.2, 0.25) is 5.02 Å². The van der Waals surface area contributed by atoms with Gasteiger partial charge >= 0.3 is 5.97 Å². The van der Waals surface area contributed by atoms with Gasteiger partial charge in [0.15, 0.2) is 0 Å². The molecule has 0 fully saturated rings. The second-order valence-corrected chi connectivity index (χ2v) is 8.00. The van der Waals surface area contributed by atoms with Gasteiger partial charge in [0.2, 0.25) is 0 Å². The summed E-state index contributed by atoms with van der Waals surface area (Å²) in [6.07, 6.45) is 0. The Morgan fingerprint density at radius 1 is 1.17 bits per heavy atom. The van der Waals surface area contributed by atoms with Crippen molar-refractivity contribution >= 4 is 17.6 Å². The lowest BCUT2D eigenvalue weighted by atomic mass is 10.0. The van der Waals surface area contributed by atoms with Crippen LogP contribution < -0.4 is 5.32 Å². The molecular formula is C24H26ClFN2O2. The number of hydrogen-bond donors (Lipinski definition) is 2. The summed E-state index contributed by atoms with van der Waals surface area (Å²) in [6, 6.07) is 14.5. The highest BCUT2D eigenvalue weighted by Gasteiger charge is 2.23. The Morgan fingerprint density at radius 2 is 1.87 bits per heavy atom. The van der Waals surface area contributed by atoms with Crippen LogP contribution in [-0.2, 0) is 13.1 Å². The quantitative estimate of drug-likeness (QED) is 0.495. The van der Waals surface area contributed by atoms with Crippen molar-refractivity contribution in [1.82, 2.24) is 9.88 Å². The van der Waals surface area contributed by atoms with Crippen molar-refractivity contribution in [2.75, 3.05) is 6.54 Å². The maximum absolute atomic E-state index is 13.4. The number of halogens is 2. The first-order valence-electron chi connectivity index (χ1n) is 9.91. The summed E-state index contributed by atoms with van der Waals surface area (Å²) in [5, 5.41) is 13.5. The molecule has 0 spiro atoms. The van der Waals surface area contributed by atoms with Crippen molar-refractivity contribution < 1.29 is 14.3 Å². The summed E-state index contributed by atoms with van der Waals surface area (Å²) in [6.45, 7) is 7.42. The van der Waals surface area contributed by atoms with E-state index in [4.69, 9.17) is 11.6 Å². The van der Waals surface area contributed by atoms with E-state index >= 15 is 0 Å². The van der Waals surface area contributed by atoms with Crippen molar-refractivity contribution in [2.24, 2.45) is 0 Å². The molecule has 0 amide bonds. The number of carboxylic acids is 1. The monoisotopic (exact) mass is 428 g/mol. The lowest BCUT2D eigenvalue weighted by Crippen LogP contribution is -2.21. The van der Waals surface area contributed by atoms with Crippen molar-refractivity contribution in [2.45, 2.75) is 39.8 Å². The minimum absolute atomic E-state index is 0.306. The normalized spacial score (nSPS) is 12.2. The summed E-state index contributed by atoms with van der Waals surface area (Å²) in [5.41, 5.74) is 4.58. The van der Waals surface area contributed by atoms with Gasteiger partial charge in [0.25, 0.3) is 0 Å². The molecule has 3 aromatic rings. The van der Waals surface area contributed by atoms with Crippen LogP contribution in [0.5, 0.6) is 0 Å². The molecule has 1 unspecified atom stereocenters. The highest BCUT2D eigenvalue weighted by Crippen LogP contribution is 2.26. The maximum Gasteiger partial charge on any atom is 0.337 e. The van der Waals surface area contributed by atoms with E-state index in [1.54, 1.807) is 13.0 Å². The first kappa shape index (κ1) is 22.1. The third-order valence-corrected chi connectivity index (χ3v) is 5.94. The van der Waals surface area contributed by atoms with E-state index in [2.05, 4.69) is 24.4 Å². The van der Waals surface area contributed by atoms with Gasteiger partial charge in [0.1, 0.15) is 5.82 Å². The van der Waals surface area contributed by atoms with Gasteiger partial charge in [-0.15, -0.1) is 0 Å². The molecule has 1 aromatic heterocycles. The summed E-state index contributed by atoms with van der Waals surface area (Å²) in [5.74, 6) is -1.04. The van der Waals surface area contributed by atoms with E-state index in [0.717, 1.165) is 23.4 Å². The van der Waals surface area contributed by atoms with E-state index in [-0.39, 0.29) is 0 Å². The molecule has 1 heterocycles. The Balaban J connectivity index is 1.82. The third-order valence-electron chi connectivity index (χ3n) is 5.59. The molecule has 1 atom stereocenters. The summed E-state index contributed by atoms with van der Waals surface area (Å²) in [7, 11) is 0. The average Bonchev–Trinajstić information content (AvgIpc) is 2.94. The van der Waals surface area contributed by atoms with Crippen LogP contribution in [-0.4, -0.2) is 22.2 Å². The number of benzene rings is 2. The summed E-state index contributed by atoms with van der Waals surface area (Å²) in [4.78, 5) is 12.0. The lowest BCUT2D eigenvalue weighted by Gasteiger charge is -2.14. The van der Waals surface area contributed by atoms with Crippen molar-refractivity contribution in [3.05, 3.63) is 93.0 Å². The fourth-order valence-corrected chi connectivity index (χ4v) is 4.05. The molecule has 3 rings (SSSR count). The third kappa shape index (κ3) is 4.74. The zero-order valence-electron chi connectivity index (χ0n) is 17.4. The minimum atomic E-state index is -0.951. The SMILES string of the molecule is Cc1c(CNCC(C)c2ccccc2)c(C(=O)O)c(C)n1Cc1ccc(F)cc1Cl. The van der Waals surface area contributed by atoms with E-state index in [9.17, 15) is 14.3 Å². The number of carboxylic acid groups (broad SMARTS) is 1. The summed E-state index contributed by atoms with van der Waals surface area (Å²) >= 11 is 6.19. The van der Waals surface area contributed by atoms with E-state index < -0.39 is 11.8 Å². The highest BCUT2D eigenvalue weighted by molar-refractivity contribution is 6.31. The van der Waals surface area contributed by atoms with Crippen LogP contribution in [0.15, 0.2) is 48.5 Å². The molecule has 0 aliphatic heterocycles. The predicted octanol–water partition coefficient (Wildman–Crippen LogP) is 5.54. The van der Waals surface area contributed by atoms with Crippen molar-refractivity contribution in [3.63, 3.8) is 0 Å². The van der Waals surface area contributed by atoms with Crippen LogP contribution >= 0.6 is 11.6 Å². The van der Waals surface area contributed by atoms with Crippen LogP contribution in [0.1, 0.15) is 51.3 Å². The predicted molar refractivity (Wildman–Crippen MR) is 118 cm³/mol. The Labute approximate surface area is 181 Å². The Bertz CT molecular complexity index is 1050. The van der Waals surface area contributed by atoms with Gasteiger partial charge in [-0.2, -0.15) is 0 Å². The first-order chi connectivity index (χ1) is 14.3. The largest absolute Gasteiger partial charge is 0.478 e. The van der Waals surface area contributed by atoms with Gasteiger partial charge < -0.3 is 15.0 Å². The van der Waals surface area contributed by atoms with E-state index in [0.29, 0.717) is 35.3 Å². The maximum atomic E-state index is 13.4. The Hall–Kier alpha value is -2.63. The fraction of sp³-hybridized carbons (Fsp3) is 0.292. The second-order valence-electron chi connectivity index (χ2n) is 7.59. The number of carbonyl (C=O) groups is 1. The number of nitrogens with zero attached hydrogens (tertiary/aromatic N) is 1. The molecule has 0 bridgehead atoms. The van der Waals surface area contributed by atoms with E-state index in [1.165, 1.54) is 17.7 Å². The zero-order chi connectivity index (χ0) is 21.8. The molecular weight excluding hydrogens is 403 g/mol. The molecule has 0 aliphatic carbocycles. The van der Waals surface area contributed by atoms with Gasteiger partial charge in [-0.25, -0.2) is 9.18 Å². The topological polar surface area (TPSA) is 54.3 Å². The van der Waals surface area contributed by atoms with Gasteiger partial charge in [0.05, 0.1) is 5.56 Å². The number of rotatable bonds is 8. The summed E-state index contributed by atoms with van der Waals surface area (Å²) < 4.78 is 15.3. The number of nitrogens with one attached hydrogen (secondary N) is 1. The Morgan fingerprint density at radius 3 is 2.50 bits per heavy atom. The Kier molecular flexibility index (Phi) is 6.95. The molecule has 0 radical (unpaired) electrons. The number of aromatic nitrogens is 1. The van der Waals surface area contributed by atoms with Gasteiger partial charge in [0, 0.05) is 41.6 Å². The number of hydrogen-bond acceptors (Lipinski definition) is 2. The highest BCUT2D eigenvalue weighted by atomic mass is 35.5. The molecule has 158 valence electrons. The molecule has 0 saturated carbocycles. The van der Waals surface area contributed by atoms with E-state index in [1.807, 2.05) is 29.7 Å². The zero-order valence-corrected chi connectivity index (χ0v) is 18.1. The first-order valence-corrected chi connectivity index (χ1v) is 10.3. The van der Waals surface area contributed by atoms with Gasteiger partial charge in [-0.1, -0.05) is 54.9 Å². The van der Waals surface area contributed by atoms with Crippen molar-refractivity contribution in [3.8, 4) is 0 Å². The minimum Gasteiger partial charge on any atom is -0.478 e. The number of aromatic carboxylic acids is 1. The van der Waals surface area contributed by atoms with Crippen LogP contribution in [0.25, 0.3) is 0 Å². The standard InChI is InChI=1S/C24H26ClFN2O2/c1-15(18-7-5-4-6-8-18)12-27-13-21-16(2)28(17(3)23(21)24(29)30)14-19-9-10-20(26)11-22(19)25/h4-11,15,27H,12-14H2,1-3H3,(H,29,30).